The standard InChI is InChI=1S/C25H25BrClN9O3/c1-15-31-25(35(38)39)21(34(15)2)13-36(3,4)9-5-6-23(37)33-22-11-17-20(12-28-22)29-14-30-24(17)32-16-7-8-19(27)18(26)10-16/h5-8,10-12,14H,9,13H2,1-4H3,(H-,28,29,30,32,33,37)/p+1/b6-5+. The molecule has 0 aliphatic carbocycles. The summed E-state index contributed by atoms with van der Waals surface area (Å²) in [6.07, 6.45) is 6.13. The van der Waals surface area contributed by atoms with Crippen LogP contribution in [0, 0.1) is 17.0 Å². The van der Waals surface area contributed by atoms with Gasteiger partial charge in [-0.2, -0.15) is 0 Å². The molecule has 4 rings (SSSR count). The van der Waals surface area contributed by atoms with Crippen molar-refractivity contribution >= 4 is 67.5 Å². The van der Waals surface area contributed by atoms with E-state index in [1.807, 2.05) is 26.2 Å². The van der Waals surface area contributed by atoms with Crippen LogP contribution in [-0.4, -0.2) is 60.5 Å². The molecule has 202 valence electrons. The molecule has 12 nitrogen and oxygen atoms in total. The monoisotopic (exact) mass is 614 g/mol. The molecule has 1 amide bonds. The van der Waals surface area contributed by atoms with Gasteiger partial charge in [0, 0.05) is 35.6 Å². The van der Waals surface area contributed by atoms with Crippen LogP contribution in [0.25, 0.3) is 10.9 Å². The van der Waals surface area contributed by atoms with Gasteiger partial charge in [0.2, 0.25) is 11.7 Å². The van der Waals surface area contributed by atoms with Gasteiger partial charge in [-0.15, -0.1) is 0 Å². The lowest BCUT2D eigenvalue weighted by Crippen LogP contribution is -2.39. The molecule has 0 aliphatic rings. The normalized spacial score (nSPS) is 11.7. The fourth-order valence-electron chi connectivity index (χ4n) is 3.88. The summed E-state index contributed by atoms with van der Waals surface area (Å²) in [7, 11) is 5.60. The summed E-state index contributed by atoms with van der Waals surface area (Å²) in [6.45, 7) is 2.55. The zero-order valence-corrected chi connectivity index (χ0v) is 24.0. The van der Waals surface area contributed by atoms with Gasteiger partial charge in [-0.3, -0.25) is 4.79 Å². The Morgan fingerprint density at radius 3 is 2.74 bits per heavy atom. The van der Waals surface area contributed by atoms with Gasteiger partial charge in [0.15, 0.2) is 5.69 Å². The minimum Gasteiger partial charge on any atom is -0.358 e. The smallest absolute Gasteiger partial charge is 0.358 e. The minimum absolute atomic E-state index is 0.146. The lowest BCUT2D eigenvalue weighted by molar-refractivity contribution is -0.898. The number of likely N-dealkylation sites (N-methyl/N-ethyl adjacent to an activating group) is 1. The summed E-state index contributed by atoms with van der Waals surface area (Å²) < 4.78 is 2.84. The maximum absolute atomic E-state index is 12.6. The van der Waals surface area contributed by atoms with Crippen molar-refractivity contribution < 1.29 is 14.2 Å². The highest BCUT2D eigenvalue weighted by Gasteiger charge is 2.29. The fourth-order valence-corrected chi connectivity index (χ4v) is 4.38. The summed E-state index contributed by atoms with van der Waals surface area (Å²) in [5.74, 6) is 0.937. The number of imidazole rings is 1. The van der Waals surface area contributed by atoms with Crippen LogP contribution in [-0.2, 0) is 18.4 Å². The van der Waals surface area contributed by atoms with Crippen LogP contribution in [0.2, 0.25) is 5.02 Å². The van der Waals surface area contributed by atoms with Gasteiger partial charge in [0.25, 0.3) is 0 Å². The van der Waals surface area contributed by atoms with Crippen LogP contribution in [0.1, 0.15) is 11.5 Å². The van der Waals surface area contributed by atoms with Crippen molar-refractivity contribution in [2.45, 2.75) is 13.5 Å². The van der Waals surface area contributed by atoms with Crippen molar-refractivity contribution in [3.63, 3.8) is 0 Å². The Morgan fingerprint density at radius 2 is 2.03 bits per heavy atom. The van der Waals surface area contributed by atoms with E-state index in [-0.39, 0.29) is 11.7 Å². The average molecular weight is 616 g/mol. The number of pyridine rings is 1. The second-order valence-electron chi connectivity index (χ2n) is 9.48. The number of rotatable bonds is 9. The van der Waals surface area contributed by atoms with Crippen molar-refractivity contribution in [2.24, 2.45) is 7.05 Å². The Kier molecular flexibility index (Phi) is 8.23. The minimum atomic E-state index is -0.470. The maximum atomic E-state index is 12.6. The van der Waals surface area contributed by atoms with Crippen molar-refractivity contribution in [3.8, 4) is 0 Å². The summed E-state index contributed by atoms with van der Waals surface area (Å²) in [5.41, 5.74) is 1.90. The molecule has 0 atom stereocenters. The summed E-state index contributed by atoms with van der Waals surface area (Å²) >= 11 is 9.50. The molecule has 0 aliphatic heterocycles. The molecule has 14 heteroatoms. The van der Waals surface area contributed by atoms with Crippen molar-refractivity contribution in [1.29, 1.82) is 0 Å². The van der Waals surface area contributed by atoms with Crippen LogP contribution in [0.3, 0.4) is 0 Å². The van der Waals surface area contributed by atoms with Crippen molar-refractivity contribution in [2.75, 3.05) is 31.3 Å². The van der Waals surface area contributed by atoms with Crippen LogP contribution < -0.4 is 10.6 Å². The van der Waals surface area contributed by atoms with E-state index in [0.29, 0.717) is 56.7 Å². The second-order valence-corrected chi connectivity index (χ2v) is 10.7. The fraction of sp³-hybridized carbons (Fsp3) is 0.240. The number of fused-ring (bicyclic) bond motifs is 1. The third kappa shape index (κ3) is 6.74. The molecule has 3 heterocycles. The number of benzene rings is 1. The van der Waals surface area contributed by atoms with Crippen molar-refractivity contribution in [3.05, 3.63) is 80.1 Å². The molecule has 1 aromatic carbocycles. The number of aryl methyl sites for hydroxylation is 1. The first kappa shape index (κ1) is 28.1. The number of nitrogens with one attached hydrogen (secondary N) is 2. The van der Waals surface area contributed by atoms with E-state index < -0.39 is 4.92 Å². The Morgan fingerprint density at radius 1 is 1.26 bits per heavy atom. The molecule has 0 fully saturated rings. The Bertz CT molecular complexity index is 1600. The predicted octanol–water partition coefficient (Wildman–Crippen LogP) is 4.91. The average Bonchev–Trinajstić information content (AvgIpc) is 3.14. The first-order chi connectivity index (χ1) is 18.4. The molecule has 0 bridgehead atoms. The number of carbonyl (C=O) groups excluding carboxylic acids is 1. The van der Waals surface area contributed by atoms with Gasteiger partial charge in [-0.25, -0.2) is 15.0 Å². The van der Waals surface area contributed by atoms with E-state index in [9.17, 15) is 14.9 Å². The Labute approximate surface area is 237 Å². The van der Waals surface area contributed by atoms with Crippen LogP contribution in [0.15, 0.2) is 53.4 Å². The quantitative estimate of drug-likeness (QED) is 0.117. The maximum Gasteiger partial charge on any atom is 0.391 e. The molecular weight excluding hydrogens is 590 g/mol. The van der Waals surface area contributed by atoms with E-state index in [1.165, 1.54) is 12.4 Å². The lowest BCUT2D eigenvalue weighted by Gasteiger charge is -2.28. The highest BCUT2D eigenvalue weighted by Crippen LogP contribution is 2.29. The molecule has 4 aromatic rings. The van der Waals surface area contributed by atoms with E-state index in [0.717, 1.165) is 10.2 Å². The topological polar surface area (TPSA) is 141 Å². The predicted molar refractivity (Wildman–Crippen MR) is 153 cm³/mol. The number of aromatic nitrogens is 5. The first-order valence-corrected chi connectivity index (χ1v) is 12.9. The number of anilines is 3. The third-order valence-electron chi connectivity index (χ3n) is 5.99. The molecule has 0 saturated heterocycles. The van der Waals surface area contributed by atoms with Gasteiger partial charge >= 0.3 is 5.82 Å². The van der Waals surface area contributed by atoms with Gasteiger partial charge in [0.1, 0.15) is 24.5 Å². The van der Waals surface area contributed by atoms with E-state index in [2.05, 4.69) is 46.5 Å². The number of nitro groups is 1. The number of carbonyl (C=O) groups is 1. The van der Waals surface area contributed by atoms with E-state index in [1.54, 1.807) is 42.9 Å². The SMILES string of the molecule is Cc1nc([N+](=O)[O-])c(C[N+](C)(C)C/C=C/C(=O)Nc2cc3c(Nc4ccc(Cl)c(Br)c4)ncnc3cn2)n1C. The van der Waals surface area contributed by atoms with E-state index >= 15 is 0 Å². The lowest BCUT2D eigenvalue weighted by atomic mass is 10.2. The summed E-state index contributed by atoms with van der Waals surface area (Å²) in [6, 6.07) is 7.11. The molecule has 2 N–H and O–H groups in total. The zero-order valence-electron chi connectivity index (χ0n) is 21.6. The first-order valence-electron chi connectivity index (χ1n) is 11.7. The number of nitrogens with zero attached hydrogens (tertiary/aromatic N) is 7. The number of hydrogen-bond donors (Lipinski definition) is 2. The van der Waals surface area contributed by atoms with Crippen LogP contribution in [0.5, 0.6) is 0 Å². The molecule has 0 unspecified atom stereocenters. The Hall–Kier alpha value is -3.94. The highest BCUT2D eigenvalue weighted by atomic mass is 79.9. The molecule has 39 heavy (non-hydrogen) atoms. The summed E-state index contributed by atoms with van der Waals surface area (Å²) in [4.78, 5) is 40.5. The zero-order chi connectivity index (χ0) is 28.3. The van der Waals surface area contributed by atoms with Crippen molar-refractivity contribution in [1.82, 2.24) is 24.5 Å². The van der Waals surface area contributed by atoms with Crippen LogP contribution >= 0.6 is 27.5 Å². The third-order valence-corrected chi connectivity index (χ3v) is 7.20. The number of quaternary nitrogens is 1. The second kappa shape index (κ2) is 11.4. The number of amides is 1. The van der Waals surface area contributed by atoms with Gasteiger partial charge < -0.3 is 29.8 Å². The molecule has 3 aromatic heterocycles. The van der Waals surface area contributed by atoms with Gasteiger partial charge in [-0.05, 0) is 56.2 Å². The number of hydrogen-bond acceptors (Lipinski definition) is 8. The largest absolute Gasteiger partial charge is 0.391 e. The van der Waals surface area contributed by atoms with Gasteiger partial charge in [0.05, 0.1) is 37.4 Å². The van der Waals surface area contributed by atoms with Crippen LogP contribution in [0.4, 0.5) is 23.1 Å². The molecule has 0 spiro atoms. The van der Waals surface area contributed by atoms with E-state index in [4.69, 9.17) is 11.6 Å². The Balaban J connectivity index is 1.44. The molecule has 0 radical (unpaired) electrons. The highest BCUT2D eigenvalue weighted by molar-refractivity contribution is 9.10. The molecule has 0 saturated carbocycles. The summed E-state index contributed by atoms with van der Waals surface area (Å²) in [5, 5.41) is 18.7. The molecular formula is C25H26BrClN9O3+. The van der Waals surface area contributed by atoms with Gasteiger partial charge in [-0.1, -0.05) is 11.6 Å². The number of halogens is 2.